The van der Waals surface area contributed by atoms with Crippen LogP contribution in [0.25, 0.3) is 0 Å². The molecular formula is C13H17BrN2S. The SMILES string of the molecule is CC(C1CC1)N(C)c1ccc(Br)cc1C(N)=S. The van der Waals surface area contributed by atoms with E-state index in [-0.39, 0.29) is 0 Å². The van der Waals surface area contributed by atoms with Crippen LogP contribution in [-0.4, -0.2) is 18.1 Å². The molecule has 1 aliphatic rings. The Kier molecular flexibility index (Phi) is 3.73. The first kappa shape index (κ1) is 12.8. The molecule has 1 aromatic rings. The van der Waals surface area contributed by atoms with E-state index >= 15 is 0 Å². The second kappa shape index (κ2) is 4.94. The highest BCUT2D eigenvalue weighted by molar-refractivity contribution is 9.10. The minimum absolute atomic E-state index is 0.455. The summed E-state index contributed by atoms with van der Waals surface area (Å²) in [5, 5.41) is 0. The predicted molar refractivity (Wildman–Crippen MR) is 80.6 cm³/mol. The number of nitrogens with two attached hydrogens (primary N) is 1. The molecule has 1 fully saturated rings. The van der Waals surface area contributed by atoms with Crippen LogP contribution in [-0.2, 0) is 0 Å². The first-order valence-electron chi connectivity index (χ1n) is 5.83. The second-order valence-electron chi connectivity index (χ2n) is 4.71. The van der Waals surface area contributed by atoms with E-state index < -0.39 is 0 Å². The van der Waals surface area contributed by atoms with Gasteiger partial charge in [0.05, 0.1) is 0 Å². The highest BCUT2D eigenvalue weighted by atomic mass is 79.9. The molecule has 4 heteroatoms. The number of nitrogens with zero attached hydrogens (tertiary/aromatic N) is 1. The van der Waals surface area contributed by atoms with Crippen LogP contribution in [0.5, 0.6) is 0 Å². The van der Waals surface area contributed by atoms with Crippen molar-refractivity contribution in [2.75, 3.05) is 11.9 Å². The van der Waals surface area contributed by atoms with Crippen LogP contribution in [0.4, 0.5) is 5.69 Å². The Bertz CT molecular complexity index is 443. The fourth-order valence-corrected chi connectivity index (χ4v) is 2.65. The number of hydrogen-bond donors (Lipinski definition) is 1. The van der Waals surface area contributed by atoms with E-state index in [4.69, 9.17) is 18.0 Å². The number of thiocarbonyl (C=S) groups is 1. The molecule has 1 saturated carbocycles. The monoisotopic (exact) mass is 312 g/mol. The normalized spacial score (nSPS) is 16.6. The first-order valence-corrected chi connectivity index (χ1v) is 7.03. The molecule has 2 N–H and O–H groups in total. The molecule has 2 rings (SSSR count). The van der Waals surface area contributed by atoms with Gasteiger partial charge in [0.25, 0.3) is 0 Å². The smallest absolute Gasteiger partial charge is 0.106 e. The average Bonchev–Trinajstić information content (AvgIpc) is 3.10. The molecule has 1 unspecified atom stereocenters. The van der Waals surface area contributed by atoms with Gasteiger partial charge in [-0.05, 0) is 43.9 Å². The summed E-state index contributed by atoms with van der Waals surface area (Å²) < 4.78 is 1.01. The summed E-state index contributed by atoms with van der Waals surface area (Å²) in [6, 6.07) is 6.66. The highest BCUT2D eigenvalue weighted by Crippen LogP contribution is 2.37. The van der Waals surface area contributed by atoms with Crippen LogP contribution in [0, 0.1) is 5.92 Å². The fourth-order valence-electron chi connectivity index (χ4n) is 2.13. The standard InChI is InChI=1S/C13H17BrN2S/c1-8(9-3-4-9)16(2)12-6-5-10(14)7-11(12)13(15)17/h5-9H,3-4H2,1-2H3,(H2,15,17). The van der Waals surface area contributed by atoms with Crippen molar-refractivity contribution in [3.63, 3.8) is 0 Å². The lowest BCUT2D eigenvalue weighted by Crippen LogP contribution is -2.32. The Labute approximate surface area is 116 Å². The third-order valence-electron chi connectivity index (χ3n) is 3.52. The molecule has 0 spiro atoms. The zero-order chi connectivity index (χ0) is 12.6. The Hall–Kier alpha value is -0.610. The third-order valence-corrected chi connectivity index (χ3v) is 4.23. The van der Waals surface area contributed by atoms with Crippen LogP contribution in [0.2, 0.25) is 0 Å². The second-order valence-corrected chi connectivity index (χ2v) is 6.07. The molecule has 0 heterocycles. The van der Waals surface area contributed by atoms with Crippen molar-refractivity contribution in [1.29, 1.82) is 0 Å². The molecule has 0 amide bonds. The van der Waals surface area contributed by atoms with Gasteiger partial charge >= 0.3 is 0 Å². The lowest BCUT2D eigenvalue weighted by molar-refractivity contribution is 0.609. The Morgan fingerprint density at radius 1 is 1.53 bits per heavy atom. The molecule has 0 saturated heterocycles. The molecule has 1 atom stereocenters. The average molecular weight is 313 g/mol. The van der Waals surface area contributed by atoms with Crippen LogP contribution in [0.3, 0.4) is 0 Å². The number of rotatable bonds is 4. The van der Waals surface area contributed by atoms with Crippen LogP contribution in [0.1, 0.15) is 25.3 Å². The minimum Gasteiger partial charge on any atom is -0.389 e. The minimum atomic E-state index is 0.455. The van der Waals surface area contributed by atoms with Crippen molar-refractivity contribution in [2.24, 2.45) is 11.7 Å². The third kappa shape index (κ3) is 2.80. The van der Waals surface area contributed by atoms with Gasteiger partial charge < -0.3 is 10.6 Å². The Morgan fingerprint density at radius 3 is 2.71 bits per heavy atom. The maximum Gasteiger partial charge on any atom is 0.106 e. The Balaban J connectivity index is 2.32. The number of benzene rings is 1. The van der Waals surface area contributed by atoms with E-state index in [1.807, 2.05) is 12.1 Å². The van der Waals surface area contributed by atoms with Crippen molar-refractivity contribution in [2.45, 2.75) is 25.8 Å². The lowest BCUT2D eigenvalue weighted by Gasteiger charge is -2.29. The Morgan fingerprint density at radius 2 is 2.18 bits per heavy atom. The highest BCUT2D eigenvalue weighted by Gasteiger charge is 2.31. The van der Waals surface area contributed by atoms with E-state index in [1.54, 1.807) is 0 Å². The summed E-state index contributed by atoms with van der Waals surface area (Å²) in [7, 11) is 2.12. The van der Waals surface area contributed by atoms with E-state index in [2.05, 4.69) is 40.9 Å². The lowest BCUT2D eigenvalue weighted by atomic mass is 10.1. The van der Waals surface area contributed by atoms with Crippen LogP contribution < -0.4 is 10.6 Å². The van der Waals surface area contributed by atoms with E-state index in [9.17, 15) is 0 Å². The van der Waals surface area contributed by atoms with Gasteiger partial charge in [-0.3, -0.25) is 0 Å². The largest absolute Gasteiger partial charge is 0.389 e. The maximum atomic E-state index is 5.80. The maximum absolute atomic E-state index is 5.80. The number of halogens is 1. The van der Waals surface area contributed by atoms with Gasteiger partial charge in [0.15, 0.2) is 0 Å². The molecule has 17 heavy (non-hydrogen) atoms. The van der Waals surface area contributed by atoms with Crippen molar-refractivity contribution in [3.8, 4) is 0 Å². The van der Waals surface area contributed by atoms with Gasteiger partial charge in [-0.1, -0.05) is 28.1 Å². The van der Waals surface area contributed by atoms with Gasteiger partial charge in [-0.2, -0.15) is 0 Å². The molecule has 0 aromatic heterocycles. The zero-order valence-electron chi connectivity index (χ0n) is 10.1. The van der Waals surface area contributed by atoms with Crippen molar-refractivity contribution >= 4 is 38.8 Å². The summed E-state index contributed by atoms with van der Waals surface area (Å²) in [6.07, 6.45) is 2.68. The van der Waals surface area contributed by atoms with Gasteiger partial charge in [0, 0.05) is 28.8 Å². The molecule has 0 aliphatic heterocycles. The van der Waals surface area contributed by atoms with Crippen LogP contribution in [0.15, 0.2) is 22.7 Å². The predicted octanol–water partition coefficient (Wildman–Crippen LogP) is 3.32. The molecule has 0 bridgehead atoms. The molecule has 1 aromatic carbocycles. The summed E-state index contributed by atoms with van der Waals surface area (Å²) in [6.45, 7) is 2.27. The van der Waals surface area contributed by atoms with Gasteiger partial charge in [0.2, 0.25) is 0 Å². The summed E-state index contributed by atoms with van der Waals surface area (Å²) >= 11 is 8.58. The molecular weight excluding hydrogens is 296 g/mol. The number of anilines is 1. The first-order chi connectivity index (χ1) is 8.00. The molecule has 1 aliphatic carbocycles. The summed E-state index contributed by atoms with van der Waals surface area (Å²) in [5.74, 6) is 0.822. The van der Waals surface area contributed by atoms with Gasteiger partial charge in [-0.15, -0.1) is 0 Å². The van der Waals surface area contributed by atoms with Crippen molar-refractivity contribution in [1.82, 2.24) is 0 Å². The van der Waals surface area contributed by atoms with Crippen molar-refractivity contribution < 1.29 is 0 Å². The topological polar surface area (TPSA) is 29.3 Å². The molecule has 2 nitrogen and oxygen atoms in total. The fraction of sp³-hybridized carbons (Fsp3) is 0.462. The molecule has 92 valence electrons. The van der Waals surface area contributed by atoms with Gasteiger partial charge in [-0.25, -0.2) is 0 Å². The van der Waals surface area contributed by atoms with Crippen molar-refractivity contribution in [3.05, 3.63) is 28.2 Å². The molecule has 0 radical (unpaired) electrons. The number of hydrogen-bond acceptors (Lipinski definition) is 2. The van der Waals surface area contributed by atoms with E-state index in [0.717, 1.165) is 21.6 Å². The van der Waals surface area contributed by atoms with E-state index in [0.29, 0.717) is 11.0 Å². The van der Waals surface area contributed by atoms with Gasteiger partial charge in [0.1, 0.15) is 4.99 Å². The quantitative estimate of drug-likeness (QED) is 0.865. The zero-order valence-corrected chi connectivity index (χ0v) is 12.5. The van der Waals surface area contributed by atoms with Crippen LogP contribution >= 0.6 is 28.1 Å². The summed E-state index contributed by atoms with van der Waals surface area (Å²) in [4.78, 5) is 2.75. The summed E-state index contributed by atoms with van der Waals surface area (Å²) in [5.41, 5.74) is 7.87. The van der Waals surface area contributed by atoms with E-state index in [1.165, 1.54) is 12.8 Å².